The van der Waals surface area contributed by atoms with Gasteiger partial charge in [0.05, 0.1) is 6.54 Å². The number of nitrogens with zero attached hydrogens (tertiary/aromatic N) is 2. The fourth-order valence-electron chi connectivity index (χ4n) is 2.77. The van der Waals surface area contributed by atoms with Crippen LogP contribution in [0.4, 0.5) is 5.69 Å². The van der Waals surface area contributed by atoms with Crippen LogP contribution in [0.3, 0.4) is 0 Å². The van der Waals surface area contributed by atoms with Gasteiger partial charge < -0.3 is 15.5 Å². The number of hydrogen-bond acceptors (Lipinski definition) is 3. The molecule has 2 N–H and O–H groups in total. The summed E-state index contributed by atoms with van der Waals surface area (Å²) < 4.78 is 0. The SMILES string of the molecule is CCNC(=NCc1ccc(N2CC=CC2)cc1)NCCc1cccs1. The molecule has 0 spiro atoms. The third kappa shape index (κ3) is 5.36. The van der Waals surface area contributed by atoms with Crippen molar-refractivity contribution in [1.29, 1.82) is 0 Å². The van der Waals surface area contributed by atoms with Crippen molar-refractivity contribution in [3.05, 3.63) is 64.4 Å². The Bertz CT molecular complexity index is 681. The van der Waals surface area contributed by atoms with E-state index >= 15 is 0 Å². The minimum Gasteiger partial charge on any atom is -0.364 e. The lowest BCUT2D eigenvalue weighted by atomic mass is 10.2. The van der Waals surface area contributed by atoms with Gasteiger partial charge in [-0.3, -0.25) is 0 Å². The van der Waals surface area contributed by atoms with Crippen molar-refractivity contribution in [1.82, 2.24) is 10.6 Å². The molecule has 1 aliphatic heterocycles. The number of rotatable bonds is 7. The van der Waals surface area contributed by atoms with E-state index in [2.05, 4.69) is 76.4 Å². The minimum atomic E-state index is 0.687. The van der Waals surface area contributed by atoms with Gasteiger partial charge in [0.1, 0.15) is 0 Å². The predicted molar refractivity (Wildman–Crippen MR) is 109 cm³/mol. The van der Waals surface area contributed by atoms with Crippen LogP contribution in [-0.2, 0) is 13.0 Å². The smallest absolute Gasteiger partial charge is 0.191 e. The van der Waals surface area contributed by atoms with Crippen LogP contribution >= 0.6 is 11.3 Å². The summed E-state index contributed by atoms with van der Waals surface area (Å²) in [6.45, 7) is 6.56. The summed E-state index contributed by atoms with van der Waals surface area (Å²) in [6, 6.07) is 13.0. The fraction of sp³-hybridized carbons (Fsp3) is 0.350. The van der Waals surface area contributed by atoms with Crippen molar-refractivity contribution in [2.24, 2.45) is 4.99 Å². The molecule has 0 fully saturated rings. The highest BCUT2D eigenvalue weighted by Crippen LogP contribution is 2.17. The Labute approximate surface area is 154 Å². The van der Waals surface area contributed by atoms with Crippen LogP contribution in [0.5, 0.6) is 0 Å². The monoisotopic (exact) mass is 354 g/mol. The molecule has 4 nitrogen and oxygen atoms in total. The van der Waals surface area contributed by atoms with Gasteiger partial charge in [0, 0.05) is 36.7 Å². The number of anilines is 1. The van der Waals surface area contributed by atoms with Gasteiger partial charge in [-0.05, 0) is 42.5 Å². The number of aliphatic imine (C=N–C) groups is 1. The quantitative estimate of drug-likeness (QED) is 0.455. The maximum Gasteiger partial charge on any atom is 0.191 e. The molecular weight excluding hydrogens is 328 g/mol. The minimum absolute atomic E-state index is 0.687. The maximum absolute atomic E-state index is 4.70. The van der Waals surface area contributed by atoms with E-state index in [1.807, 2.05) is 0 Å². The summed E-state index contributed by atoms with van der Waals surface area (Å²) >= 11 is 1.80. The molecule has 2 aromatic rings. The highest BCUT2D eigenvalue weighted by molar-refractivity contribution is 7.09. The Morgan fingerprint density at radius 1 is 1.12 bits per heavy atom. The first-order valence-corrected chi connectivity index (χ1v) is 9.76. The van der Waals surface area contributed by atoms with E-state index in [0.29, 0.717) is 6.54 Å². The first-order chi connectivity index (χ1) is 12.3. The van der Waals surface area contributed by atoms with E-state index in [4.69, 9.17) is 4.99 Å². The van der Waals surface area contributed by atoms with E-state index in [1.54, 1.807) is 11.3 Å². The molecule has 0 saturated carbocycles. The second-order valence-corrected chi connectivity index (χ2v) is 7.03. The topological polar surface area (TPSA) is 39.7 Å². The fourth-order valence-corrected chi connectivity index (χ4v) is 3.48. The van der Waals surface area contributed by atoms with Crippen molar-refractivity contribution in [3.63, 3.8) is 0 Å². The lowest BCUT2D eigenvalue weighted by Crippen LogP contribution is -2.38. The molecule has 3 rings (SSSR count). The van der Waals surface area contributed by atoms with Crippen LogP contribution in [0.25, 0.3) is 0 Å². The van der Waals surface area contributed by atoms with Gasteiger partial charge >= 0.3 is 0 Å². The zero-order valence-electron chi connectivity index (χ0n) is 14.7. The van der Waals surface area contributed by atoms with Gasteiger partial charge in [-0.2, -0.15) is 0 Å². The number of nitrogens with one attached hydrogen (secondary N) is 2. The molecule has 1 aromatic heterocycles. The molecule has 0 aliphatic carbocycles. The van der Waals surface area contributed by atoms with Crippen LogP contribution in [0.15, 0.2) is 58.9 Å². The highest BCUT2D eigenvalue weighted by atomic mass is 32.1. The normalized spacial score (nSPS) is 14.1. The largest absolute Gasteiger partial charge is 0.364 e. The third-order valence-corrected chi connectivity index (χ3v) is 5.06. The van der Waals surface area contributed by atoms with Crippen LogP contribution in [0.1, 0.15) is 17.4 Å². The molecule has 1 aliphatic rings. The Morgan fingerprint density at radius 3 is 2.60 bits per heavy atom. The van der Waals surface area contributed by atoms with E-state index < -0.39 is 0 Å². The summed E-state index contributed by atoms with van der Waals surface area (Å²) in [5.41, 5.74) is 2.50. The molecular formula is C20H26N4S. The number of benzene rings is 1. The Hall–Kier alpha value is -2.27. The Morgan fingerprint density at radius 2 is 1.92 bits per heavy atom. The van der Waals surface area contributed by atoms with E-state index in [1.165, 1.54) is 16.1 Å². The van der Waals surface area contributed by atoms with Gasteiger partial charge in [-0.1, -0.05) is 30.4 Å². The number of thiophene rings is 1. The highest BCUT2D eigenvalue weighted by Gasteiger charge is 2.07. The van der Waals surface area contributed by atoms with Gasteiger partial charge in [0.2, 0.25) is 0 Å². The summed E-state index contributed by atoms with van der Waals surface area (Å²) in [7, 11) is 0. The first kappa shape index (κ1) is 17.5. The molecule has 0 atom stereocenters. The molecule has 0 radical (unpaired) electrons. The molecule has 0 unspecified atom stereocenters. The molecule has 2 heterocycles. The first-order valence-electron chi connectivity index (χ1n) is 8.88. The van der Waals surface area contributed by atoms with Crippen LogP contribution in [0, 0.1) is 0 Å². The van der Waals surface area contributed by atoms with Crippen LogP contribution in [-0.4, -0.2) is 32.1 Å². The van der Waals surface area contributed by atoms with E-state index in [-0.39, 0.29) is 0 Å². The predicted octanol–water partition coefficient (Wildman–Crippen LogP) is 3.42. The van der Waals surface area contributed by atoms with Gasteiger partial charge in [-0.15, -0.1) is 11.3 Å². The van der Waals surface area contributed by atoms with Crippen LogP contribution in [0.2, 0.25) is 0 Å². The van der Waals surface area contributed by atoms with Crippen molar-refractivity contribution in [2.45, 2.75) is 19.9 Å². The second kappa shape index (κ2) is 9.28. The standard InChI is InChI=1S/C20H26N4S/c1-2-21-20(22-12-11-19-6-5-15-25-19)23-16-17-7-9-18(10-8-17)24-13-3-4-14-24/h3-10,15H,2,11-14,16H2,1H3,(H2,21,22,23). The van der Waals surface area contributed by atoms with Gasteiger partial charge in [0.25, 0.3) is 0 Å². The summed E-state index contributed by atoms with van der Waals surface area (Å²) in [5.74, 6) is 0.881. The van der Waals surface area contributed by atoms with Crippen LogP contribution < -0.4 is 15.5 Å². The summed E-state index contributed by atoms with van der Waals surface area (Å²) in [5, 5.41) is 8.85. The average molecular weight is 355 g/mol. The third-order valence-electron chi connectivity index (χ3n) is 4.13. The Balaban J connectivity index is 1.51. The summed E-state index contributed by atoms with van der Waals surface area (Å²) in [4.78, 5) is 8.45. The summed E-state index contributed by atoms with van der Waals surface area (Å²) in [6.07, 6.45) is 5.45. The van der Waals surface area contributed by atoms with E-state index in [9.17, 15) is 0 Å². The molecule has 0 amide bonds. The zero-order chi connectivity index (χ0) is 17.3. The lowest BCUT2D eigenvalue weighted by Gasteiger charge is -2.17. The van der Waals surface area contributed by atoms with Gasteiger partial charge in [-0.25, -0.2) is 4.99 Å². The second-order valence-electron chi connectivity index (χ2n) is 5.99. The molecule has 1 aromatic carbocycles. The molecule has 0 bridgehead atoms. The van der Waals surface area contributed by atoms with Crippen molar-refractivity contribution < 1.29 is 0 Å². The lowest BCUT2D eigenvalue weighted by molar-refractivity contribution is 0.804. The van der Waals surface area contributed by atoms with Crippen molar-refractivity contribution in [3.8, 4) is 0 Å². The number of hydrogen-bond donors (Lipinski definition) is 2. The molecule has 5 heteroatoms. The van der Waals surface area contributed by atoms with Gasteiger partial charge in [0.15, 0.2) is 5.96 Å². The van der Waals surface area contributed by atoms with E-state index in [0.717, 1.165) is 38.6 Å². The van der Waals surface area contributed by atoms with Crippen molar-refractivity contribution in [2.75, 3.05) is 31.1 Å². The Kier molecular flexibility index (Phi) is 6.51. The maximum atomic E-state index is 4.70. The van der Waals surface area contributed by atoms with Crippen molar-refractivity contribution >= 4 is 23.0 Å². The average Bonchev–Trinajstić information content (AvgIpc) is 3.34. The number of guanidine groups is 1. The molecule has 132 valence electrons. The molecule has 0 saturated heterocycles. The zero-order valence-corrected chi connectivity index (χ0v) is 15.6. The molecule has 25 heavy (non-hydrogen) atoms.